The first-order chi connectivity index (χ1) is 10.2. The van der Waals surface area contributed by atoms with Gasteiger partial charge in [-0.25, -0.2) is 0 Å². The molecule has 3 rings (SSSR count). The first-order valence-electron chi connectivity index (χ1n) is 7.76. The van der Waals surface area contributed by atoms with Crippen LogP contribution in [0.3, 0.4) is 0 Å². The van der Waals surface area contributed by atoms with Gasteiger partial charge in [0.15, 0.2) is 0 Å². The lowest BCUT2D eigenvalue weighted by molar-refractivity contribution is 0.269. The largest absolute Gasteiger partial charge is 0.311 e. The van der Waals surface area contributed by atoms with Gasteiger partial charge in [0.25, 0.3) is 0 Å². The van der Waals surface area contributed by atoms with Crippen molar-refractivity contribution in [3.05, 3.63) is 70.2 Å². The van der Waals surface area contributed by atoms with Gasteiger partial charge in [-0.05, 0) is 55.4 Å². The van der Waals surface area contributed by atoms with Crippen molar-refractivity contribution in [1.29, 1.82) is 0 Å². The second-order valence-electron chi connectivity index (χ2n) is 6.17. The first-order valence-corrected chi connectivity index (χ1v) is 8.55. The van der Waals surface area contributed by atoms with E-state index in [1.165, 1.54) is 24.0 Å². The summed E-state index contributed by atoms with van der Waals surface area (Å²) in [6.45, 7) is 2.29. The number of rotatable bonds is 5. The van der Waals surface area contributed by atoms with Crippen molar-refractivity contribution in [3.63, 3.8) is 0 Å². The zero-order chi connectivity index (χ0) is 14.7. The maximum atomic E-state index is 3.77. The molecule has 0 bridgehead atoms. The van der Waals surface area contributed by atoms with Gasteiger partial charge in [-0.2, -0.15) is 0 Å². The lowest BCUT2D eigenvalue weighted by Crippen LogP contribution is -2.45. The molecular formula is C19H22BrN. The summed E-state index contributed by atoms with van der Waals surface area (Å²) in [4.78, 5) is 0. The lowest BCUT2D eigenvalue weighted by atomic mass is 9.75. The molecule has 110 valence electrons. The Kier molecular flexibility index (Phi) is 4.77. The third-order valence-corrected chi connectivity index (χ3v) is 4.91. The molecule has 0 heterocycles. The Labute approximate surface area is 135 Å². The standard InChI is InChI=1S/C19H22BrN/c1-14(11-15-7-9-18(20)10-8-15)21-19-12-17(13-19)16-5-3-2-4-6-16/h2-10,14,17,19,21H,11-13H2,1H3. The molecule has 0 aromatic heterocycles. The van der Waals surface area contributed by atoms with Gasteiger partial charge in [-0.1, -0.05) is 58.4 Å². The van der Waals surface area contributed by atoms with E-state index in [1.54, 1.807) is 0 Å². The number of nitrogens with one attached hydrogen (secondary N) is 1. The molecule has 1 N–H and O–H groups in total. The van der Waals surface area contributed by atoms with Crippen LogP contribution in [0.15, 0.2) is 59.1 Å². The normalized spacial score (nSPS) is 22.6. The summed E-state index contributed by atoms with van der Waals surface area (Å²) < 4.78 is 1.15. The van der Waals surface area contributed by atoms with Crippen LogP contribution in [0.25, 0.3) is 0 Å². The van der Waals surface area contributed by atoms with Crippen molar-refractivity contribution in [3.8, 4) is 0 Å². The molecule has 21 heavy (non-hydrogen) atoms. The molecule has 2 heteroatoms. The van der Waals surface area contributed by atoms with E-state index < -0.39 is 0 Å². The van der Waals surface area contributed by atoms with Crippen LogP contribution in [0.2, 0.25) is 0 Å². The fourth-order valence-corrected chi connectivity index (χ4v) is 3.45. The van der Waals surface area contributed by atoms with Crippen molar-refractivity contribution in [2.75, 3.05) is 0 Å². The maximum absolute atomic E-state index is 3.77. The van der Waals surface area contributed by atoms with Crippen LogP contribution in [0.5, 0.6) is 0 Å². The monoisotopic (exact) mass is 343 g/mol. The summed E-state index contributed by atoms with van der Waals surface area (Å²) in [5.74, 6) is 0.753. The minimum atomic E-state index is 0.535. The Hall–Kier alpha value is -1.12. The topological polar surface area (TPSA) is 12.0 Å². The van der Waals surface area contributed by atoms with E-state index in [4.69, 9.17) is 0 Å². The Balaban J connectivity index is 1.45. The molecule has 2 aromatic carbocycles. The van der Waals surface area contributed by atoms with Crippen LogP contribution in [-0.2, 0) is 6.42 Å². The van der Waals surface area contributed by atoms with Crippen LogP contribution in [0, 0.1) is 0 Å². The molecule has 0 saturated heterocycles. The molecule has 1 aliphatic carbocycles. The summed E-state index contributed by atoms with van der Waals surface area (Å²) in [5.41, 5.74) is 2.90. The van der Waals surface area contributed by atoms with Crippen molar-refractivity contribution >= 4 is 15.9 Å². The van der Waals surface area contributed by atoms with Gasteiger partial charge in [-0.3, -0.25) is 0 Å². The van der Waals surface area contributed by atoms with Gasteiger partial charge in [-0.15, -0.1) is 0 Å². The van der Waals surface area contributed by atoms with E-state index in [9.17, 15) is 0 Å². The highest BCUT2D eigenvalue weighted by atomic mass is 79.9. The van der Waals surface area contributed by atoms with E-state index in [0.717, 1.165) is 16.8 Å². The molecule has 1 aliphatic rings. The molecule has 1 atom stereocenters. The van der Waals surface area contributed by atoms with Crippen LogP contribution in [-0.4, -0.2) is 12.1 Å². The van der Waals surface area contributed by atoms with Gasteiger partial charge >= 0.3 is 0 Å². The summed E-state index contributed by atoms with van der Waals surface area (Å²) in [6.07, 6.45) is 3.64. The Morgan fingerprint density at radius 1 is 1.05 bits per heavy atom. The minimum absolute atomic E-state index is 0.535. The van der Waals surface area contributed by atoms with E-state index >= 15 is 0 Å². The van der Waals surface area contributed by atoms with Crippen molar-refractivity contribution in [2.24, 2.45) is 0 Å². The van der Waals surface area contributed by atoms with Crippen LogP contribution in [0.4, 0.5) is 0 Å². The summed E-state index contributed by atoms with van der Waals surface area (Å²) >= 11 is 3.49. The third kappa shape index (κ3) is 3.96. The average Bonchev–Trinajstić information content (AvgIpc) is 2.46. The number of hydrogen-bond acceptors (Lipinski definition) is 1. The molecule has 1 saturated carbocycles. The Morgan fingerprint density at radius 2 is 1.71 bits per heavy atom. The zero-order valence-electron chi connectivity index (χ0n) is 12.4. The predicted octanol–water partition coefficient (Wildman–Crippen LogP) is 4.92. The molecule has 0 aliphatic heterocycles. The maximum Gasteiger partial charge on any atom is 0.0175 e. The SMILES string of the molecule is CC(Cc1ccc(Br)cc1)NC1CC(c2ccccc2)C1. The van der Waals surface area contributed by atoms with Crippen LogP contribution < -0.4 is 5.32 Å². The van der Waals surface area contributed by atoms with E-state index in [0.29, 0.717) is 12.1 Å². The molecule has 2 aromatic rings. The molecule has 0 spiro atoms. The van der Waals surface area contributed by atoms with Crippen molar-refractivity contribution in [1.82, 2.24) is 5.32 Å². The number of benzene rings is 2. The zero-order valence-corrected chi connectivity index (χ0v) is 14.0. The lowest BCUT2D eigenvalue weighted by Gasteiger charge is -2.38. The Bertz CT molecular complexity index is 558. The van der Waals surface area contributed by atoms with Gasteiger partial charge in [0.1, 0.15) is 0 Å². The highest BCUT2D eigenvalue weighted by Gasteiger charge is 2.30. The fraction of sp³-hybridized carbons (Fsp3) is 0.368. The van der Waals surface area contributed by atoms with Gasteiger partial charge < -0.3 is 5.32 Å². The molecule has 1 nitrogen and oxygen atoms in total. The first kappa shape index (κ1) is 14.8. The van der Waals surface area contributed by atoms with E-state index in [-0.39, 0.29) is 0 Å². The molecule has 0 amide bonds. The summed E-state index contributed by atoms with van der Waals surface area (Å²) in [5, 5.41) is 3.77. The van der Waals surface area contributed by atoms with Crippen molar-refractivity contribution < 1.29 is 0 Å². The minimum Gasteiger partial charge on any atom is -0.311 e. The number of hydrogen-bond donors (Lipinski definition) is 1. The van der Waals surface area contributed by atoms with Crippen molar-refractivity contribution in [2.45, 2.75) is 44.2 Å². The van der Waals surface area contributed by atoms with Crippen LogP contribution in [0.1, 0.15) is 36.8 Å². The molecule has 0 radical (unpaired) electrons. The second kappa shape index (κ2) is 6.76. The molecular weight excluding hydrogens is 322 g/mol. The van der Waals surface area contributed by atoms with E-state index in [1.807, 2.05) is 0 Å². The predicted molar refractivity (Wildman–Crippen MR) is 92.6 cm³/mol. The molecule has 1 fully saturated rings. The third-order valence-electron chi connectivity index (χ3n) is 4.38. The summed E-state index contributed by atoms with van der Waals surface area (Å²) in [6, 6.07) is 20.8. The quantitative estimate of drug-likeness (QED) is 0.812. The second-order valence-corrected chi connectivity index (χ2v) is 7.09. The smallest absolute Gasteiger partial charge is 0.0175 e. The van der Waals surface area contributed by atoms with Gasteiger partial charge in [0, 0.05) is 16.6 Å². The molecule has 1 unspecified atom stereocenters. The van der Waals surface area contributed by atoms with E-state index in [2.05, 4.69) is 82.8 Å². The van der Waals surface area contributed by atoms with Crippen LogP contribution >= 0.6 is 15.9 Å². The fourth-order valence-electron chi connectivity index (χ4n) is 3.19. The van der Waals surface area contributed by atoms with Gasteiger partial charge in [0.05, 0.1) is 0 Å². The Morgan fingerprint density at radius 3 is 2.38 bits per heavy atom. The summed E-state index contributed by atoms with van der Waals surface area (Å²) in [7, 11) is 0. The highest BCUT2D eigenvalue weighted by molar-refractivity contribution is 9.10. The highest BCUT2D eigenvalue weighted by Crippen LogP contribution is 2.36. The number of halogens is 1. The average molecular weight is 344 g/mol. The van der Waals surface area contributed by atoms with Gasteiger partial charge in [0.2, 0.25) is 0 Å².